The van der Waals surface area contributed by atoms with Crippen molar-refractivity contribution in [3.05, 3.63) is 122 Å². The van der Waals surface area contributed by atoms with Gasteiger partial charge in [0.05, 0.1) is 38.6 Å². The Morgan fingerprint density at radius 3 is 1.03 bits per heavy atom. The largest absolute Gasteiger partial charge is 0.394 e. The molecule has 0 aromatic heterocycles. The zero-order chi connectivity index (χ0) is 76.0. The first-order chi connectivity index (χ1) is 51.3. The van der Waals surface area contributed by atoms with Gasteiger partial charge in [0.25, 0.3) is 0 Å². The van der Waals surface area contributed by atoms with Gasteiger partial charge in [0.2, 0.25) is 5.91 Å². The number of allylic oxidation sites excluding steroid dienone is 19. The van der Waals surface area contributed by atoms with Crippen molar-refractivity contribution in [3.63, 3.8) is 0 Å². The van der Waals surface area contributed by atoms with Crippen LogP contribution < -0.4 is 5.32 Å². The highest BCUT2D eigenvalue weighted by atomic mass is 16.8. The Balaban J connectivity index is 1.33. The molecule has 0 aromatic carbocycles. The fourth-order valence-corrected chi connectivity index (χ4v) is 13.2. The number of hydrogen-bond donors (Lipinski definition) is 12. The van der Waals surface area contributed by atoms with Gasteiger partial charge in [-0.3, -0.25) is 4.79 Å². The van der Waals surface area contributed by atoms with Gasteiger partial charge in [-0.1, -0.05) is 309 Å². The van der Waals surface area contributed by atoms with Crippen molar-refractivity contribution in [2.75, 3.05) is 26.4 Å². The summed E-state index contributed by atoms with van der Waals surface area (Å²) in [6.45, 7) is 1.63. The first-order valence-electron chi connectivity index (χ1n) is 41.3. The number of carbonyl (C=O) groups is 1. The maximum absolute atomic E-state index is 13.5. The first-order valence-corrected chi connectivity index (χ1v) is 41.3. The Kier molecular flexibility index (Phi) is 59.0. The molecule has 3 aliphatic rings. The summed E-state index contributed by atoms with van der Waals surface area (Å²) in [4.78, 5) is 13.5. The molecule has 3 saturated heterocycles. The van der Waals surface area contributed by atoms with Crippen LogP contribution in [0.2, 0.25) is 0 Å². The molecule has 3 heterocycles. The molecule has 1 amide bonds. The summed E-state index contributed by atoms with van der Waals surface area (Å²) < 4.78 is 34.4. The Morgan fingerprint density at radius 1 is 0.352 bits per heavy atom. The third-order valence-corrected chi connectivity index (χ3v) is 19.8. The van der Waals surface area contributed by atoms with E-state index in [-0.39, 0.29) is 18.9 Å². The van der Waals surface area contributed by atoms with Gasteiger partial charge < -0.3 is 89.9 Å². The van der Waals surface area contributed by atoms with Crippen molar-refractivity contribution in [2.24, 2.45) is 0 Å². The average molecular weight is 1480 g/mol. The lowest BCUT2D eigenvalue weighted by molar-refractivity contribution is -0.379. The SMILES string of the molecule is CC/C=C\C/C=C\C/C=C\C/C=C\C/C=C\C/C=C\C/C=C\C/C=C\C/C=C\CCCCCCCCCCCCCCCC(=O)NC(COC1OC(CO)C(OC2OC(CO)C(OC3OC(CO)C(O)C(O)C3O)C(O)C2O)C(O)C1O)C(O)/C=C/CCCCCCCCCCCCCCCCCCC. The van der Waals surface area contributed by atoms with Crippen molar-refractivity contribution < 1.29 is 89.4 Å². The van der Waals surface area contributed by atoms with Gasteiger partial charge in [0.15, 0.2) is 18.9 Å². The standard InChI is InChI=1S/C86H147NO18/c1-3-5-7-9-11-13-15-17-19-21-23-24-25-26-27-28-29-30-31-32-33-34-35-36-37-38-39-40-41-42-43-44-46-48-50-52-54-56-58-60-62-64-74(92)87-69(70(91)63-61-59-57-55-53-51-49-47-45-22-20-18-16-14-12-10-8-6-4-2)68-100-84-80(98)77(95)82(72(66-89)102-84)105-86-81(99)78(96)83(73(67-90)103-86)104-85-79(97)76(94)75(93)71(65-88)101-85/h5,7,11,13,17,19,23-24,26-27,29-30,32-33,35-36,38-39,61,63,69-73,75-86,88-91,93-99H,3-4,6,8-10,12,14-16,18,20-22,25,28,31,34,37,40-60,62,64-68H2,1-2H3,(H,87,92)/b7-5-,13-11-,19-17-,24-23-,27-26-,30-29-,33-32-,36-35-,39-38-,63-61+. The van der Waals surface area contributed by atoms with E-state index in [9.17, 15) is 61.0 Å². The van der Waals surface area contributed by atoms with E-state index in [0.29, 0.717) is 6.42 Å². The molecule has 3 fully saturated rings. The number of unbranched alkanes of at least 4 members (excludes halogenated alkanes) is 30. The van der Waals surface area contributed by atoms with Crippen LogP contribution in [0, 0.1) is 0 Å². The normalized spacial score (nSPS) is 26.4. The minimum absolute atomic E-state index is 0.236. The maximum Gasteiger partial charge on any atom is 0.220 e. The van der Waals surface area contributed by atoms with E-state index in [0.717, 1.165) is 116 Å². The predicted octanol–water partition coefficient (Wildman–Crippen LogP) is 14.3. The van der Waals surface area contributed by atoms with Crippen molar-refractivity contribution in [1.29, 1.82) is 0 Å². The van der Waals surface area contributed by atoms with Gasteiger partial charge >= 0.3 is 0 Å². The van der Waals surface area contributed by atoms with E-state index in [4.69, 9.17) is 28.4 Å². The van der Waals surface area contributed by atoms with Crippen LogP contribution in [-0.4, -0.2) is 193 Å². The van der Waals surface area contributed by atoms with Crippen LogP contribution in [0.5, 0.6) is 0 Å². The third kappa shape index (κ3) is 44.6. The van der Waals surface area contributed by atoms with E-state index in [1.54, 1.807) is 6.08 Å². The van der Waals surface area contributed by atoms with Crippen LogP contribution in [0.3, 0.4) is 0 Å². The highest BCUT2D eigenvalue weighted by Crippen LogP contribution is 2.33. The summed E-state index contributed by atoms with van der Waals surface area (Å²) in [7, 11) is 0. The fraction of sp³-hybridized carbons (Fsp3) is 0.756. The summed E-state index contributed by atoms with van der Waals surface area (Å²) in [6, 6.07) is -0.981. The van der Waals surface area contributed by atoms with Crippen molar-refractivity contribution >= 4 is 5.91 Å². The molecule has 604 valence electrons. The molecule has 105 heavy (non-hydrogen) atoms. The molecule has 0 aromatic rings. The van der Waals surface area contributed by atoms with E-state index in [1.165, 1.54) is 141 Å². The van der Waals surface area contributed by atoms with E-state index in [1.807, 2.05) is 6.08 Å². The van der Waals surface area contributed by atoms with E-state index < -0.39 is 124 Å². The molecule has 3 aliphatic heterocycles. The van der Waals surface area contributed by atoms with Crippen LogP contribution in [0.15, 0.2) is 122 Å². The number of nitrogens with one attached hydrogen (secondary N) is 1. The smallest absolute Gasteiger partial charge is 0.220 e. The summed E-state index contributed by atoms with van der Waals surface area (Å²) in [5, 5.41) is 121. The highest BCUT2D eigenvalue weighted by molar-refractivity contribution is 5.76. The molecule has 0 bridgehead atoms. The summed E-state index contributed by atoms with van der Waals surface area (Å²) in [5.74, 6) is -0.279. The monoisotopic (exact) mass is 1480 g/mol. The van der Waals surface area contributed by atoms with Crippen LogP contribution in [0.1, 0.15) is 284 Å². The zero-order valence-corrected chi connectivity index (χ0v) is 64.7. The Hall–Kier alpha value is -3.81. The lowest BCUT2D eigenvalue weighted by Gasteiger charge is -2.48. The Bertz CT molecular complexity index is 2370. The molecule has 12 N–H and O–H groups in total. The van der Waals surface area contributed by atoms with Gasteiger partial charge in [-0.15, -0.1) is 0 Å². The molecule has 0 spiro atoms. The van der Waals surface area contributed by atoms with E-state index >= 15 is 0 Å². The topological polar surface area (TPSA) is 307 Å². The molecule has 0 saturated carbocycles. The Labute approximate surface area is 633 Å². The third-order valence-electron chi connectivity index (χ3n) is 19.8. The number of ether oxygens (including phenoxy) is 6. The summed E-state index contributed by atoms with van der Waals surface area (Å²) >= 11 is 0. The first kappa shape index (κ1) is 95.4. The van der Waals surface area contributed by atoms with Crippen LogP contribution >= 0.6 is 0 Å². The van der Waals surface area contributed by atoms with Crippen molar-refractivity contribution in [2.45, 2.75) is 388 Å². The molecule has 17 unspecified atom stereocenters. The van der Waals surface area contributed by atoms with E-state index in [2.05, 4.69) is 129 Å². The fourth-order valence-electron chi connectivity index (χ4n) is 13.2. The van der Waals surface area contributed by atoms with Crippen molar-refractivity contribution in [3.8, 4) is 0 Å². The van der Waals surface area contributed by atoms with Gasteiger partial charge in [0, 0.05) is 6.42 Å². The number of hydrogen-bond acceptors (Lipinski definition) is 18. The second-order valence-corrected chi connectivity index (χ2v) is 28.9. The number of amides is 1. The molecule has 3 rings (SSSR count). The van der Waals surface area contributed by atoms with Crippen LogP contribution in [0.4, 0.5) is 0 Å². The Morgan fingerprint density at radius 2 is 0.657 bits per heavy atom. The number of carbonyl (C=O) groups excluding carboxylic acids is 1. The zero-order valence-electron chi connectivity index (χ0n) is 64.7. The molecule has 0 aliphatic carbocycles. The lowest BCUT2D eigenvalue weighted by Crippen LogP contribution is -2.66. The lowest BCUT2D eigenvalue weighted by atomic mass is 9.96. The maximum atomic E-state index is 13.5. The van der Waals surface area contributed by atoms with Gasteiger partial charge in [-0.25, -0.2) is 0 Å². The average Bonchev–Trinajstić information content (AvgIpc) is 0.781. The minimum Gasteiger partial charge on any atom is -0.394 e. The van der Waals surface area contributed by atoms with Crippen LogP contribution in [0.25, 0.3) is 0 Å². The summed E-state index contributed by atoms with van der Waals surface area (Å²) in [6.07, 6.45) is 64.7. The van der Waals surface area contributed by atoms with Gasteiger partial charge in [0.1, 0.15) is 73.2 Å². The number of aliphatic hydroxyl groups excluding tert-OH is 11. The predicted molar refractivity (Wildman–Crippen MR) is 420 cm³/mol. The van der Waals surface area contributed by atoms with Gasteiger partial charge in [-0.2, -0.15) is 0 Å². The molecule has 19 nitrogen and oxygen atoms in total. The van der Waals surface area contributed by atoms with Crippen LogP contribution in [-0.2, 0) is 33.2 Å². The summed E-state index contributed by atoms with van der Waals surface area (Å²) in [5.41, 5.74) is 0. The molecule has 19 heteroatoms. The molecule has 0 radical (unpaired) electrons. The quantitative estimate of drug-likeness (QED) is 0.0199. The van der Waals surface area contributed by atoms with Crippen molar-refractivity contribution in [1.82, 2.24) is 5.32 Å². The minimum atomic E-state index is -1.98. The van der Waals surface area contributed by atoms with Gasteiger partial charge in [-0.05, 0) is 89.9 Å². The number of aliphatic hydroxyl groups is 11. The highest BCUT2D eigenvalue weighted by Gasteiger charge is 2.54. The number of rotatable bonds is 64. The second kappa shape index (κ2) is 65.0. The molecular weight excluding hydrogens is 1330 g/mol. The molecule has 17 atom stereocenters. The molecular formula is C86H147NO18. The second-order valence-electron chi connectivity index (χ2n) is 28.9.